The van der Waals surface area contributed by atoms with Crippen molar-refractivity contribution >= 4 is 5.91 Å². The van der Waals surface area contributed by atoms with Gasteiger partial charge in [-0.25, -0.2) is 0 Å². The molecule has 1 atom stereocenters. The molecule has 0 bridgehead atoms. The van der Waals surface area contributed by atoms with E-state index < -0.39 is 0 Å². The number of carbonyl (C=O) groups excluding carboxylic acids is 1. The Morgan fingerprint density at radius 2 is 2.15 bits per heavy atom. The molecule has 2 N–H and O–H groups in total. The van der Waals surface area contributed by atoms with E-state index in [9.17, 15) is 4.79 Å². The van der Waals surface area contributed by atoms with E-state index in [4.69, 9.17) is 5.11 Å². The first-order valence-electron chi connectivity index (χ1n) is 5.14. The summed E-state index contributed by atoms with van der Waals surface area (Å²) in [6.45, 7) is 4.55. The van der Waals surface area contributed by atoms with Crippen LogP contribution in [0.5, 0.6) is 0 Å². The van der Waals surface area contributed by atoms with Gasteiger partial charge in [0.05, 0.1) is 6.61 Å². The minimum Gasteiger partial charge on any atom is -0.395 e. The largest absolute Gasteiger partial charge is 0.395 e. The number of aliphatic hydroxyl groups is 1. The zero-order valence-electron chi connectivity index (χ0n) is 8.68. The highest BCUT2D eigenvalue weighted by Gasteiger charge is 2.14. The molecule has 0 heterocycles. The summed E-state index contributed by atoms with van der Waals surface area (Å²) in [7, 11) is 0. The minimum atomic E-state index is 0.0238. The van der Waals surface area contributed by atoms with Gasteiger partial charge in [-0.1, -0.05) is 26.7 Å². The maximum atomic E-state index is 11.4. The molecule has 0 fully saturated rings. The van der Waals surface area contributed by atoms with Gasteiger partial charge in [0, 0.05) is 12.5 Å². The molecule has 78 valence electrons. The van der Waals surface area contributed by atoms with Crippen LogP contribution in [0.4, 0.5) is 0 Å². The smallest absolute Gasteiger partial charge is 0.223 e. The molecular formula is C10H21NO2. The highest BCUT2D eigenvalue weighted by Crippen LogP contribution is 2.12. The number of rotatable bonds is 7. The third-order valence-corrected chi connectivity index (χ3v) is 2.18. The minimum absolute atomic E-state index is 0.0238. The van der Waals surface area contributed by atoms with E-state index in [1.54, 1.807) is 0 Å². The summed E-state index contributed by atoms with van der Waals surface area (Å²) in [5, 5.41) is 11.2. The Bertz CT molecular complexity index is 137. The van der Waals surface area contributed by atoms with E-state index in [2.05, 4.69) is 12.2 Å². The van der Waals surface area contributed by atoms with Gasteiger partial charge in [-0.15, -0.1) is 0 Å². The third kappa shape index (κ3) is 5.64. The van der Waals surface area contributed by atoms with Gasteiger partial charge in [-0.05, 0) is 12.8 Å². The normalized spacial score (nSPS) is 12.5. The maximum absolute atomic E-state index is 11.4. The lowest BCUT2D eigenvalue weighted by Crippen LogP contribution is -2.32. The molecule has 0 rings (SSSR count). The summed E-state index contributed by atoms with van der Waals surface area (Å²) >= 11 is 0. The number of amides is 1. The van der Waals surface area contributed by atoms with Crippen molar-refractivity contribution in [2.75, 3.05) is 13.2 Å². The maximum Gasteiger partial charge on any atom is 0.223 e. The predicted molar refractivity (Wildman–Crippen MR) is 53.4 cm³/mol. The number of unbranched alkanes of at least 4 members (excludes halogenated alkanes) is 1. The highest BCUT2D eigenvalue weighted by molar-refractivity contribution is 5.78. The van der Waals surface area contributed by atoms with E-state index in [0.717, 1.165) is 25.7 Å². The number of aliphatic hydroxyl groups excluding tert-OH is 1. The predicted octanol–water partition coefficient (Wildman–Crippen LogP) is 1.31. The van der Waals surface area contributed by atoms with Crippen molar-refractivity contribution in [2.45, 2.75) is 39.5 Å². The Labute approximate surface area is 80.5 Å². The summed E-state index contributed by atoms with van der Waals surface area (Å²) in [5.41, 5.74) is 0. The second kappa shape index (κ2) is 8.05. The molecule has 0 aliphatic rings. The van der Waals surface area contributed by atoms with Gasteiger partial charge in [-0.2, -0.15) is 0 Å². The van der Waals surface area contributed by atoms with Gasteiger partial charge >= 0.3 is 0 Å². The quantitative estimate of drug-likeness (QED) is 0.631. The van der Waals surface area contributed by atoms with Crippen molar-refractivity contribution in [2.24, 2.45) is 5.92 Å². The lowest BCUT2D eigenvalue weighted by molar-refractivity contribution is -0.125. The second-order valence-electron chi connectivity index (χ2n) is 3.26. The van der Waals surface area contributed by atoms with Gasteiger partial charge in [0.1, 0.15) is 0 Å². The zero-order valence-corrected chi connectivity index (χ0v) is 8.68. The van der Waals surface area contributed by atoms with E-state index in [0.29, 0.717) is 6.54 Å². The molecule has 0 aromatic rings. The Kier molecular flexibility index (Phi) is 7.69. The molecule has 0 saturated heterocycles. The fourth-order valence-corrected chi connectivity index (χ4v) is 1.29. The molecule has 13 heavy (non-hydrogen) atoms. The highest BCUT2D eigenvalue weighted by atomic mass is 16.3. The van der Waals surface area contributed by atoms with Crippen LogP contribution in [0, 0.1) is 5.92 Å². The molecule has 0 aliphatic carbocycles. The fourth-order valence-electron chi connectivity index (χ4n) is 1.29. The van der Waals surface area contributed by atoms with Gasteiger partial charge in [0.2, 0.25) is 5.91 Å². The van der Waals surface area contributed by atoms with Crippen LogP contribution < -0.4 is 5.32 Å². The average Bonchev–Trinajstić information content (AvgIpc) is 2.16. The molecule has 1 unspecified atom stereocenters. The van der Waals surface area contributed by atoms with Gasteiger partial charge < -0.3 is 10.4 Å². The molecule has 3 nitrogen and oxygen atoms in total. The Morgan fingerprint density at radius 1 is 1.46 bits per heavy atom. The van der Waals surface area contributed by atoms with Gasteiger partial charge in [0.15, 0.2) is 0 Å². The Hall–Kier alpha value is -0.570. The average molecular weight is 187 g/mol. The summed E-state index contributed by atoms with van der Waals surface area (Å²) in [4.78, 5) is 11.4. The zero-order chi connectivity index (χ0) is 10.1. The van der Waals surface area contributed by atoms with Crippen molar-refractivity contribution in [1.29, 1.82) is 0 Å². The molecule has 0 radical (unpaired) electrons. The van der Waals surface area contributed by atoms with E-state index in [1.165, 1.54) is 0 Å². The van der Waals surface area contributed by atoms with Crippen molar-refractivity contribution in [3.63, 3.8) is 0 Å². The Balaban J connectivity index is 3.71. The van der Waals surface area contributed by atoms with Crippen LogP contribution in [-0.4, -0.2) is 24.2 Å². The van der Waals surface area contributed by atoms with Crippen molar-refractivity contribution in [1.82, 2.24) is 5.32 Å². The topological polar surface area (TPSA) is 49.3 Å². The standard InChI is InChI=1S/C10H21NO2/c1-3-5-6-9(4-2)10(13)11-7-8-12/h9,12H,3-8H2,1-2H3,(H,11,13). The molecule has 0 aromatic carbocycles. The first-order valence-corrected chi connectivity index (χ1v) is 5.14. The fraction of sp³-hybridized carbons (Fsp3) is 0.900. The first kappa shape index (κ1) is 12.4. The van der Waals surface area contributed by atoms with Gasteiger partial charge in [-0.3, -0.25) is 4.79 Å². The summed E-state index contributed by atoms with van der Waals surface area (Å²) in [6.07, 6.45) is 4.08. The first-order chi connectivity index (χ1) is 6.26. The lowest BCUT2D eigenvalue weighted by atomic mass is 9.98. The van der Waals surface area contributed by atoms with Crippen LogP contribution in [0.3, 0.4) is 0 Å². The van der Waals surface area contributed by atoms with Crippen LogP contribution in [-0.2, 0) is 4.79 Å². The number of nitrogens with one attached hydrogen (secondary N) is 1. The Morgan fingerprint density at radius 3 is 2.62 bits per heavy atom. The number of hydrogen-bond acceptors (Lipinski definition) is 2. The van der Waals surface area contributed by atoms with E-state index >= 15 is 0 Å². The van der Waals surface area contributed by atoms with Crippen molar-refractivity contribution < 1.29 is 9.90 Å². The van der Waals surface area contributed by atoms with Crippen molar-refractivity contribution in [3.05, 3.63) is 0 Å². The summed E-state index contributed by atoms with van der Waals surface area (Å²) < 4.78 is 0. The van der Waals surface area contributed by atoms with E-state index in [1.807, 2.05) is 6.92 Å². The monoisotopic (exact) mass is 187 g/mol. The molecule has 3 heteroatoms. The molecule has 0 spiro atoms. The van der Waals surface area contributed by atoms with Gasteiger partial charge in [0.25, 0.3) is 0 Å². The second-order valence-corrected chi connectivity index (χ2v) is 3.26. The summed E-state index contributed by atoms with van der Waals surface area (Å²) in [5.74, 6) is 0.219. The molecule has 0 aliphatic heterocycles. The van der Waals surface area contributed by atoms with Crippen LogP contribution >= 0.6 is 0 Å². The third-order valence-electron chi connectivity index (χ3n) is 2.18. The van der Waals surface area contributed by atoms with Crippen LogP contribution in [0.2, 0.25) is 0 Å². The molecule has 0 saturated carbocycles. The number of hydrogen-bond donors (Lipinski definition) is 2. The SMILES string of the molecule is CCCCC(CC)C(=O)NCCO. The summed E-state index contributed by atoms with van der Waals surface area (Å²) in [6, 6.07) is 0. The lowest BCUT2D eigenvalue weighted by Gasteiger charge is -2.13. The molecule has 0 aromatic heterocycles. The van der Waals surface area contributed by atoms with Crippen LogP contribution in [0.15, 0.2) is 0 Å². The molecular weight excluding hydrogens is 166 g/mol. The molecule has 1 amide bonds. The van der Waals surface area contributed by atoms with E-state index in [-0.39, 0.29) is 18.4 Å². The van der Waals surface area contributed by atoms with Crippen molar-refractivity contribution in [3.8, 4) is 0 Å². The van der Waals surface area contributed by atoms with Crippen LogP contribution in [0.25, 0.3) is 0 Å². The number of carbonyl (C=O) groups is 1. The van der Waals surface area contributed by atoms with Crippen LogP contribution in [0.1, 0.15) is 39.5 Å².